The van der Waals surface area contributed by atoms with Gasteiger partial charge in [-0.1, -0.05) is 59.8 Å². The molecule has 4 N–H and O–H groups in total. The molecule has 0 radical (unpaired) electrons. The third kappa shape index (κ3) is 3.82. The van der Waals surface area contributed by atoms with Gasteiger partial charge in [-0.3, -0.25) is 4.79 Å². The number of carbonyl (C=O) groups is 1. The smallest absolute Gasteiger partial charge is 0.192 e. The summed E-state index contributed by atoms with van der Waals surface area (Å²) in [6.45, 7) is 20.4. The Labute approximate surface area is 231 Å². The van der Waals surface area contributed by atoms with Gasteiger partial charge in [-0.15, -0.1) is 0 Å². The molecule has 3 aliphatic carbocycles. The van der Waals surface area contributed by atoms with Gasteiger partial charge >= 0.3 is 0 Å². The summed E-state index contributed by atoms with van der Waals surface area (Å²) in [7, 11) is -4.16. The minimum absolute atomic E-state index is 0.0152. The number of ketones is 1. The fourth-order valence-electron chi connectivity index (χ4n) is 8.82. The van der Waals surface area contributed by atoms with Crippen LogP contribution in [0.1, 0.15) is 61.3 Å². The molecule has 0 aromatic carbocycles. The molecular weight excluding hydrogens is 516 g/mol. The third-order valence-electron chi connectivity index (χ3n) is 11.8. The van der Waals surface area contributed by atoms with E-state index in [0.29, 0.717) is 18.4 Å². The van der Waals surface area contributed by atoms with E-state index in [1.54, 1.807) is 6.92 Å². The van der Waals surface area contributed by atoms with E-state index in [1.165, 1.54) is 0 Å². The lowest BCUT2D eigenvalue weighted by atomic mass is 9.45. The maximum absolute atomic E-state index is 14.7. The van der Waals surface area contributed by atoms with Gasteiger partial charge in [0.05, 0.1) is 38.4 Å². The van der Waals surface area contributed by atoms with Crippen LogP contribution < -0.4 is 0 Å². The van der Waals surface area contributed by atoms with Crippen LogP contribution in [0.5, 0.6) is 0 Å². The second-order valence-corrected chi connectivity index (χ2v) is 24.8. The second kappa shape index (κ2) is 9.31. The van der Waals surface area contributed by atoms with E-state index in [4.69, 9.17) is 9.16 Å². The SMILES string of the molecule is CC[Si](CC)(CC)O[C@H]1C[C@H]2OC[C@@]2(O)[C@H]2[C@H](O)[C@]3(O)C[C@H]([Si](C)(C)C)C(C)=C([C@@H](O)C(=O)[C@]12C)C3(C)C. The Morgan fingerprint density at radius 2 is 1.58 bits per heavy atom. The quantitative estimate of drug-likeness (QED) is 0.282. The molecule has 4 aliphatic rings. The highest BCUT2D eigenvalue weighted by atomic mass is 28.4. The van der Waals surface area contributed by atoms with Crippen molar-refractivity contribution in [3.05, 3.63) is 11.1 Å². The van der Waals surface area contributed by atoms with Gasteiger partial charge < -0.3 is 29.6 Å². The summed E-state index contributed by atoms with van der Waals surface area (Å²) in [5.74, 6) is -1.46. The lowest BCUT2D eigenvalue weighted by molar-refractivity contribution is -0.342. The molecule has 0 unspecified atom stereocenters. The Morgan fingerprint density at radius 3 is 2.03 bits per heavy atom. The van der Waals surface area contributed by atoms with Gasteiger partial charge in [-0.05, 0) is 49.5 Å². The standard InChI is InChI=1S/C29H52O7Si2/c1-11-38(12-2,13-3)36-19-14-20-28(33,16-35-20)23-25(32)29(34)15-18(37(8,9)10)17(4)21(26(29,5)6)22(30)24(31)27(19,23)7/h18-20,22-23,25,30,32-34H,11-16H2,1-10H3/t18-,19-,20+,22+,23-,25-,27+,28-,29+/m0/s1. The maximum atomic E-state index is 14.7. The molecule has 7 nitrogen and oxygen atoms in total. The first-order chi connectivity index (χ1) is 17.3. The number of hydrogen-bond acceptors (Lipinski definition) is 7. The maximum Gasteiger partial charge on any atom is 0.192 e. The molecule has 3 fully saturated rings. The van der Waals surface area contributed by atoms with Crippen molar-refractivity contribution in [1.29, 1.82) is 0 Å². The molecular formula is C29H52O7Si2. The Morgan fingerprint density at radius 1 is 1.03 bits per heavy atom. The van der Waals surface area contributed by atoms with Gasteiger partial charge in [0, 0.05) is 17.8 Å². The summed E-state index contributed by atoms with van der Waals surface area (Å²) in [5, 5.41) is 49.1. The minimum atomic E-state index is -2.23. The topological polar surface area (TPSA) is 116 Å². The van der Waals surface area contributed by atoms with Gasteiger partial charge in [0.25, 0.3) is 0 Å². The summed E-state index contributed by atoms with van der Waals surface area (Å²) in [6.07, 6.45) is -3.46. The van der Waals surface area contributed by atoms with Crippen LogP contribution in [-0.2, 0) is 14.0 Å². The molecule has 0 aromatic rings. The zero-order valence-electron chi connectivity index (χ0n) is 25.2. The number of hydrogen-bond donors (Lipinski definition) is 4. The van der Waals surface area contributed by atoms with Gasteiger partial charge in [0.15, 0.2) is 14.1 Å². The van der Waals surface area contributed by atoms with Crippen LogP contribution in [0.15, 0.2) is 11.1 Å². The molecule has 0 amide bonds. The molecule has 1 heterocycles. The van der Waals surface area contributed by atoms with Crippen LogP contribution in [0.2, 0.25) is 43.3 Å². The lowest BCUT2D eigenvalue weighted by Gasteiger charge is -2.68. The molecule has 9 atom stereocenters. The Balaban J connectivity index is 1.99. The molecule has 4 rings (SSSR count). The largest absolute Gasteiger partial charge is 0.413 e. The highest BCUT2D eigenvalue weighted by molar-refractivity contribution is 6.78. The molecule has 0 spiro atoms. The van der Waals surface area contributed by atoms with E-state index >= 15 is 0 Å². The van der Waals surface area contributed by atoms with Crippen molar-refractivity contribution in [3.8, 4) is 0 Å². The van der Waals surface area contributed by atoms with Gasteiger partial charge in [0.2, 0.25) is 0 Å². The van der Waals surface area contributed by atoms with Crippen LogP contribution in [0.25, 0.3) is 0 Å². The molecule has 0 aromatic heterocycles. The first-order valence-corrected chi connectivity index (χ1v) is 20.8. The molecule has 38 heavy (non-hydrogen) atoms. The van der Waals surface area contributed by atoms with Crippen molar-refractivity contribution in [2.24, 2.45) is 16.7 Å². The van der Waals surface area contributed by atoms with Crippen LogP contribution in [0.3, 0.4) is 0 Å². The van der Waals surface area contributed by atoms with Gasteiger partial charge in [-0.2, -0.15) is 0 Å². The van der Waals surface area contributed by atoms with Crippen LogP contribution in [0.4, 0.5) is 0 Å². The van der Waals surface area contributed by atoms with E-state index in [2.05, 4.69) is 40.4 Å². The van der Waals surface area contributed by atoms with E-state index in [1.807, 2.05) is 20.8 Å². The minimum Gasteiger partial charge on any atom is -0.413 e. The number of allylic oxidation sites excluding steroid dienone is 1. The molecule has 2 bridgehead atoms. The predicted octanol–water partition coefficient (Wildman–Crippen LogP) is 4.02. The fourth-order valence-corrected chi connectivity index (χ4v) is 14.1. The Hall–Kier alpha value is -0.396. The summed E-state index contributed by atoms with van der Waals surface area (Å²) in [5.41, 5.74) is -4.18. The molecule has 218 valence electrons. The highest BCUT2D eigenvalue weighted by Crippen LogP contribution is 2.65. The number of carbonyl (C=O) groups excluding carboxylic acids is 1. The van der Waals surface area contributed by atoms with Crippen molar-refractivity contribution in [2.45, 2.75) is 140 Å². The summed E-state index contributed by atoms with van der Waals surface area (Å²) >= 11 is 0. The average Bonchev–Trinajstić information content (AvgIpc) is 2.83. The molecule has 1 aliphatic heterocycles. The number of rotatable bonds is 6. The van der Waals surface area contributed by atoms with Crippen LogP contribution in [0, 0.1) is 16.7 Å². The summed E-state index contributed by atoms with van der Waals surface area (Å²) < 4.78 is 12.8. The molecule has 9 heteroatoms. The van der Waals surface area contributed by atoms with E-state index in [0.717, 1.165) is 23.7 Å². The van der Waals surface area contributed by atoms with Crippen molar-refractivity contribution in [2.75, 3.05) is 6.61 Å². The number of fused-ring (bicyclic) bond motifs is 5. The Bertz CT molecular complexity index is 993. The number of Topliss-reactive ketones (excluding diaryl/α,β-unsaturated/α-hetero) is 1. The second-order valence-electron chi connectivity index (χ2n) is 14.6. The van der Waals surface area contributed by atoms with Crippen molar-refractivity contribution >= 4 is 22.2 Å². The van der Waals surface area contributed by atoms with Crippen molar-refractivity contribution in [3.63, 3.8) is 0 Å². The molecule has 1 saturated heterocycles. The molecule has 2 saturated carbocycles. The van der Waals surface area contributed by atoms with E-state index in [-0.39, 0.29) is 12.1 Å². The lowest BCUT2D eigenvalue weighted by Crippen LogP contribution is -2.81. The zero-order chi connectivity index (χ0) is 28.9. The van der Waals surface area contributed by atoms with Crippen LogP contribution in [-0.4, -0.2) is 84.8 Å². The summed E-state index contributed by atoms with van der Waals surface area (Å²) in [6, 6.07) is 2.64. The zero-order valence-corrected chi connectivity index (χ0v) is 27.2. The van der Waals surface area contributed by atoms with Gasteiger partial charge in [0.1, 0.15) is 17.3 Å². The monoisotopic (exact) mass is 568 g/mol. The predicted molar refractivity (Wildman–Crippen MR) is 153 cm³/mol. The average molecular weight is 569 g/mol. The van der Waals surface area contributed by atoms with Crippen molar-refractivity contribution < 1.29 is 34.4 Å². The highest BCUT2D eigenvalue weighted by Gasteiger charge is 2.75. The van der Waals surface area contributed by atoms with Crippen molar-refractivity contribution in [1.82, 2.24) is 0 Å². The first kappa shape index (κ1) is 30.6. The van der Waals surface area contributed by atoms with E-state index in [9.17, 15) is 25.2 Å². The van der Waals surface area contributed by atoms with E-state index < -0.39 is 74.5 Å². The van der Waals surface area contributed by atoms with Gasteiger partial charge in [-0.25, -0.2) is 0 Å². The fraction of sp³-hybridized carbons (Fsp3) is 0.897. The van der Waals surface area contributed by atoms with Crippen LogP contribution >= 0.6 is 0 Å². The normalized spacial score (nSPS) is 45.1. The number of aliphatic hydroxyl groups excluding tert-OH is 2. The number of ether oxygens (including phenoxy) is 1. The third-order valence-corrected chi connectivity index (χ3v) is 19.2. The number of aliphatic hydroxyl groups is 4. The summed E-state index contributed by atoms with van der Waals surface area (Å²) in [4.78, 5) is 14.7. The first-order valence-electron chi connectivity index (χ1n) is 14.7. The Kier molecular flexibility index (Phi) is 7.49.